The average Bonchev–Trinajstić information content (AvgIpc) is 2.81. The Kier molecular flexibility index (Phi) is 7.70. The topological polar surface area (TPSA) is 0 Å². The number of rotatable bonds is 9. The van der Waals surface area contributed by atoms with Crippen molar-refractivity contribution in [3.05, 3.63) is 126 Å². The van der Waals surface area contributed by atoms with Gasteiger partial charge in [-0.3, -0.25) is 0 Å². The molecule has 0 aliphatic heterocycles. The molecular weight excluding hydrogens is 404 g/mol. The van der Waals surface area contributed by atoms with Crippen LogP contribution < -0.4 is 15.6 Å². The Hall–Kier alpha value is -2.69. The summed E-state index contributed by atoms with van der Waals surface area (Å²) in [5.41, 5.74) is 2.85. The third kappa shape index (κ3) is 6.16. The molecule has 4 aromatic rings. The molecule has 0 fully saturated rings. The second-order valence-corrected chi connectivity index (χ2v) is 15.1. The lowest BCUT2D eigenvalue weighted by Gasteiger charge is -2.27. The first kappa shape index (κ1) is 21.5. The van der Waals surface area contributed by atoms with Gasteiger partial charge in [-0.15, -0.1) is 0 Å². The summed E-state index contributed by atoms with van der Waals surface area (Å²) in [6, 6.07) is 43.1. The molecule has 0 nitrogen and oxygen atoms in total. The zero-order chi connectivity index (χ0) is 21.3. The summed E-state index contributed by atoms with van der Waals surface area (Å²) in [6.07, 6.45) is 3.79. The van der Waals surface area contributed by atoms with Crippen LogP contribution >= 0.6 is 0 Å². The van der Waals surface area contributed by atoms with Gasteiger partial charge < -0.3 is 0 Å². The maximum Gasteiger partial charge on any atom is 0.103 e. The first-order valence-corrected chi connectivity index (χ1v) is 14.8. The van der Waals surface area contributed by atoms with Gasteiger partial charge in [0.1, 0.15) is 8.80 Å². The van der Waals surface area contributed by atoms with Gasteiger partial charge in [-0.1, -0.05) is 143 Å². The minimum Gasteiger partial charge on any atom is -0.0669 e. The van der Waals surface area contributed by atoms with E-state index < -0.39 is 8.80 Å². The number of aryl methyl sites for hydroxylation is 2. The molecule has 0 spiro atoms. The van der Waals surface area contributed by atoms with E-state index in [1.54, 1.807) is 15.6 Å². The lowest BCUT2D eigenvalue weighted by molar-refractivity contribution is 0.766. The van der Waals surface area contributed by atoms with Crippen molar-refractivity contribution in [3.63, 3.8) is 0 Å². The van der Waals surface area contributed by atoms with Crippen LogP contribution in [0.4, 0.5) is 0 Å². The maximum absolute atomic E-state index is 2.39. The highest BCUT2D eigenvalue weighted by molar-refractivity contribution is 6.93. The zero-order valence-corrected chi connectivity index (χ0v) is 21.0. The van der Waals surface area contributed by atoms with E-state index in [9.17, 15) is 0 Å². The van der Waals surface area contributed by atoms with Crippen molar-refractivity contribution in [2.24, 2.45) is 0 Å². The van der Waals surface area contributed by atoms with Crippen LogP contribution in [0.25, 0.3) is 0 Å². The summed E-state index contributed by atoms with van der Waals surface area (Å²) in [6.45, 7) is 2.20. The zero-order valence-electron chi connectivity index (χ0n) is 18.5. The van der Waals surface area contributed by atoms with Crippen molar-refractivity contribution in [2.75, 3.05) is 0 Å². The first-order chi connectivity index (χ1) is 15.3. The maximum atomic E-state index is 2.39. The van der Waals surface area contributed by atoms with Gasteiger partial charge in [-0.2, -0.15) is 0 Å². The van der Waals surface area contributed by atoms with E-state index in [4.69, 9.17) is 0 Å². The Morgan fingerprint density at radius 3 is 1.84 bits per heavy atom. The molecule has 0 aliphatic rings. The normalized spacial score (nSPS) is 12.5. The van der Waals surface area contributed by atoms with E-state index in [0.717, 1.165) is 5.16 Å². The fourth-order valence-electron chi connectivity index (χ4n) is 4.80. The van der Waals surface area contributed by atoms with Crippen LogP contribution in [0.1, 0.15) is 24.0 Å². The molecule has 0 amide bonds. The number of benzene rings is 4. The van der Waals surface area contributed by atoms with E-state index in [1.807, 2.05) is 0 Å². The van der Waals surface area contributed by atoms with Gasteiger partial charge in [0.2, 0.25) is 0 Å². The third-order valence-corrected chi connectivity index (χ3v) is 13.7. The second kappa shape index (κ2) is 11.1. The Labute approximate surface area is 191 Å². The second-order valence-electron chi connectivity index (χ2n) is 8.63. The largest absolute Gasteiger partial charge is 0.103 e. The lowest BCUT2D eigenvalue weighted by atomic mass is 10.1. The van der Waals surface area contributed by atoms with Gasteiger partial charge in [0.15, 0.2) is 0 Å². The van der Waals surface area contributed by atoms with Gasteiger partial charge in [-0.25, -0.2) is 0 Å². The summed E-state index contributed by atoms with van der Waals surface area (Å²) in [5.74, 6) is 0. The minimum atomic E-state index is -1.31. The van der Waals surface area contributed by atoms with Crippen molar-refractivity contribution in [2.45, 2.75) is 31.4 Å². The molecule has 0 aromatic heterocycles. The molecule has 4 rings (SSSR count). The van der Waals surface area contributed by atoms with Crippen LogP contribution in [0, 0.1) is 6.92 Å². The van der Waals surface area contributed by atoms with Gasteiger partial charge in [0, 0.05) is 0 Å². The van der Waals surface area contributed by atoms with E-state index in [-0.39, 0.29) is 9.52 Å². The Balaban J connectivity index is 1.61. The Morgan fingerprint density at radius 2 is 1.26 bits per heavy atom. The Morgan fingerprint density at radius 1 is 0.677 bits per heavy atom. The van der Waals surface area contributed by atoms with E-state index in [2.05, 4.69) is 122 Å². The van der Waals surface area contributed by atoms with E-state index in [0.29, 0.717) is 0 Å². The molecule has 0 N–H and O–H groups in total. The molecule has 2 heteroatoms. The summed E-state index contributed by atoms with van der Waals surface area (Å²) in [7, 11) is -1.69. The smallest absolute Gasteiger partial charge is 0.0669 e. The lowest BCUT2D eigenvalue weighted by Crippen LogP contribution is -2.49. The molecule has 156 valence electrons. The predicted octanol–water partition coefficient (Wildman–Crippen LogP) is 4.18. The monoisotopic (exact) mass is 436 g/mol. The van der Waals surface area contributed by atoms with Crippen molar-refractivity contribution >= 4 is 33.9 Å². The Bertz CT molecular complexity index is 1010. The van der Waals surface area contributed by atoms with Gasteiger partial charge >= 0.3 is 0 Å². The minimum absolute atomic E-state index is 0.379. The first-order valence-electron chi connectivity index (χ1n) is 11.5. The quantitative estimate of drug-likeness (QED) is 0.345. The molecule has 0 aliphatic carbocycles. The molecule has 0 unspecified atom stereocenters. The van der Waals surface area contributed by atoms with Crippen molar-refractivity contribution < 1.29 is 0 Å². The van der Waals surface area contributed by atoms with Crippen LogP contribution in [-0.2, 0) is 6.42 Å². The number of hydrogen-bond donors (Lipinski definition) is 0. The van der Waals surface area contributed by atoms with Crippen molar-refractivity contribution in [1.82, 2.24) is 0 Å². The fourth-order valence-corrected chi connectivity index (χ4v) is 13.1. The SMILES string of the molecule is Cc1cccc(CCC[C@H]([SiH2]c2ccccc2)[SiH](c2ccccc2)c2ccccc2)c1. The average molecular weight is 437 g/mol. The molecule has 0 saturated heterocycles. The molecule has 0 radical (unpaired) electrons. The fraction of sp³-hybridized carbons (Fsp3) is 0.172. The molecule has 4 aromatic carbocycles. The van der Waals surface area contributed by atoms with Crippen LogP contribution in [0.15, 0.2) is 115 Å². The highest BCUT2D eigenvalue weighted by atomic mass is 28.3. The predicted molar refractivity (Wildman–Crippen MR) is 142 cm³/mol. The van der Waals surface area contributed by atoms with Crippen LogP contribution in [0.3, 0.4) is 0 Å². The molecule has 0 heterocycles. The van der Waals surface area contributed by atoms with Gasteiger partial charge in [0.05, 0.1) is 9.52 Å². The summed E-state index contributed by atoms with van der Waals surface area (Å²) in [5, 5.41) is 5.62. The summed E-state index contributed by atoms with van der Waals surface area (Å²) in [4.78, 5) is 0. The molecule has 31 heavy (non-hydrogen) atoms. The highest BCUT2D eigenvalue weighted by Gasteiger charge is 2.27. The van der Waals surface area contributed by atoms with Gasteiger partial charge in [0.25, 0.3) is 0 Å². The van der Waals surface area contributed by atoms with Gasteiger partial charge in [-0.05, 0) is 30.5 Å². The van der Waals surface area contributed by atoms with Crippen molar-refractivity contribution in [3.8, 4) is 0 Å². The molecular formula is C29H32Si2. The van der Waals surface area contributed by atoms with E-state index >= 15 is 0 Å². The summed E-state index contributed by atoms with van der Waals surface area (Å²) < 4.78 is 0. The highest BCUT2D eigenvalue weighted by Crippen LogP contribution is 2.20. The van der Waals surface area contributed by atoms with Crippen LogP contribution in [0.5, 0.6) is 0 Å². The number of hydrogen-bond acceptors (Lipinski definition) is 0. The third-order valence-electron chi connectivity index (χ3n) is 6.25. The van der Waals surface area contributed by atoms with Crippen molar-refractivity contribution in [1.29, 1.82) is 0 Å². The standard InChI is InChI=1S/C29H32Si2/c1-24-13-11-14-25(23-24)15-12-22-29(30-26-16-5-2-6-17-26)31(27-18-7-3-8-19-27)28-20-9-4-10-21-28/h2-11,13-14,16-21,23,29,31H,12,15,22,30H2,1H3/t29-/m1/s1. The molecule has 1 atom stereocenters. The molecule has 0 bridgehead atoms. The van der Waals surface area contributed by atoms with Crippen LogP contribution in [-0.4, -0.2) is 18.3 Å². The van der Waals surface area contributed by atoms with Crippen LogP contribution in [0.2, 0.25) is 5.16 Å². The molecule has 0 saturated carbocycles. The summed E-state index contributed by atoms with van der Waals surface area (Å²) >= 11 is 0. The van der Waals surface area contributed by atoms with E-state index in [1.165, 1.54) is 30.4 Å².